The van der Waals surface area contributed by atoms with Crippen LogP contribution >= 0.6 is 0 Å². The van der Waals surface area contributed by atoms with Crippen LogP contribution in [0, 0.1) is 0 Å². The lowest BCUT2D eigenvalue weighted by Gasteiger charge is -2.16. The van der Waals surface area contributed by atoms with Gasteiger partial charge in [-0.25, -0.2) is 0 Å². The molecule has 2 heterocycles. The highest BCUT2D eigenvalue weighted by atomic mass is 16.4. The Bertz CT molecular complexity index is 470. The number of hydrogen-bond donors (Lipinski definition) is 1. The molecule has 0 aromatic carbocycles. The third kappa shape index (κ3) is 3.04. The molecule has 6 heteroatoms. The Labute approximate surface area is 106 Å². The van der Waals surface area contributed by atoms with Gasteiger partial charge >= 0.3 is 6.01 Å². The lowest BCUT2D eigenvalue weighted by atomic mass is 10.3. The fraction of sp³-hybridized carbons (Fsp3) is 0.417. The number of pyridine rings is 1. The lowest BCUT2D eigenvalue weighted by molar-refractivity contribution is 0.470. The quantitative estimate of drug-likeness (QED) is 0.827. The molecule has 6 nitrogen and oxygen atoms in total. The predicted molar refractivity (Wildman–Crippen MR) is 68.0 cm³/mol. The van der Waals surface area contributed by atoms with Gasteiger partial charge in [0.2, 0.25) is 5.89 Å². The molecule has 96 valence electrons. The molecule has 0 bridgehead atoms. The highest BCUT2D eigenvalue weighted by Gasteiger charge is 2.13. The Kier molecular flexibility index (Phi) is 4.25. The van der Waals surface area contributed by atoms with Gasteiger partial charge in [0, 0.05) is 12.7 Å². The summed E-state index contributed by atoms with van der Waals surface area (Å²) in [6, 6.07) is 6.38. The van der Waals surface area contributed by atoms with Crippen LogP contribution in [-0.4, -0.2) is 28.8 Å². The highest BCUT2D eigenvalue weighted by Crippen LogP contribution is 2.14. The van der Waals surface area contributed by atoms with Crippen molar-refractivity contribution in [2.24, 2.45) is 0 Å². The molecule has 0 aliphatic rings. The van der Waals surface area contributed by atoms with Crippen LogP contribution < -0.4 is 10.2 Å². The summed E-state index contributed by atoms with van der Waals surface area (Å²) in [5.74, 6) is 0.590. The first kappa shape index (κ1) is 12.5. The van der Waals surface area contributed by atoms with Crippen LogP contribution in [-0.2, 0) is 13.1 Å². The summed E-state index contributed by atoms with van der Waals surface area (Å²) < 4.78 is 5.56. The summed E-state index contributed by atoms with van der Waals surface area (Å²) in [6.45, 7) is 4.08. The maximum atomic E-state index is 5.56. The molecule has 0 atom stereocenters. The van der Waals surface area contributed by atoms with Crippen molar-refractivity contribution in [1.29, 1.82) is 0 Å². The van der Waals surface area contributed by atoms with Gasteiger partial charge in [-0.1, -0.05) is 11.2 Å². The van der Waals surface area contributed by atoms with Gasteiger partial charge in [0.15, 0.2) is 0 Å². The normalized spacial score (nSPS) is 10.6. The largest absolute Gasteiger partial charge is 0.407 e. The minimum atomic E-state index is 0.536. The average Bonchev–Trinajstić information content (AvgIpc) is 2.86. The summed E-state index contributed by atoms with van der Waals surface area (Å²) in [5.41, 5.74) is 0.979. The second-order valence-electron chi connectivity index (χ2n) is 3.84. The number of aromatic nitrogens is 3. The molecule has 2 aromatic heterocycles. The van der Waals surface area contributed by atoms with Crippen LogP contribution in [0.5, 0.6) is 0 Å². The second-order valence-corrected chi connectivity index (χ2v) is 3.84. The van der Waals surface area contributed by atoms with E-state index in [2.05, 4.69) is 20.5 Å². The minimum absolute atomic E-state index is 0.536. The average molecular weight is 247 g/mol. The van der Waals surface area contributed by atoms with Gasteiger partial charge in [-0.15, -0.1) is 5.10 Å². The molecule has 0 amide bonds. The monoisotopic (exact) mass is 247 g/mol. The van der Waals surface area contributed by atoms with Crippen LogP contribution in [0.15, 0.2) is 28.8 Å². The van der Waals surface area contributed by atoms with Crippen molar-refractivity contribution in [2.45, 2.75) is 20.0 Å². The first-order valence-electron chi connectivity index (χ1n) is 5.95. The predicted octanol–water partition coefficient (Wildman–Crippen LogP) is 1.21. The van der Waals surface area contributed by atoms with Gasteiger partial charge in [-0.3, -0.25) is 4.98 Å². The van der Waals surface area contributed by atoms with Gasteiger partial charge in [-0.05, 0) is 26.1 Å². The van der Waals surface area contributed by atoms with Crippen molar-refractivity contribution >= 4 is 6.01 Å². The van der Waals surface area contributed by atoms with Gasteiger partial charge in [0.1, 0.15) is 0 Å². The zero-order chi connectivity index (χ0) is 12.8. The molecule has 0 saturated carbocycles. The van der Waals surface area contributed by atoms with Crippen molar-refractivity contribution in [2.75, 3.05) is 18.5 Å². The van der Waals surface area contributed by atoms with Crippen LogP contribution in [0.25, 0.3) is 0 Å². The van der Waals surface area contributed by atoms with Crippen molar-refractivity contribution in [1.82, 2.24) is 20.5 Å². The first-order valence-corrected chi connectivity index (χ1v) is 5.95. The number of nitrogens with zero attached hydrogens (tertiary/aromatic N) is 4. The van der Waals surface area contributed by atoms with Crippen molar-refractivity contribution < 1.29 is 4.42 Å². The fourth-order valence-electron chi connectivity index (χ4n) is 1.60. The Hall–Kier alpha value is -1.95. The zero-order valence-electron chi connectivity index (χ0n) is 10.6. The first-order chi connectivity index (χ1) is 8.83. The van der Waals surface area contributed by atoms with E-state index in [1.54, 1.807) is 6.20 Å². The molecular weight excluding hydrogens is 230 g/mol. The fourth-order valence-corrected chi connectivity index (χ4v) is 1.60. The van der Waals surface area contributed by atoms with Crippen molar-refractivity contribution in [3.63, 3.8) is 0 Å². The molecule has 0 unspecified atom stereocenters. The molecule has 0 saturated heterocycles. The standard InChI is InChI=1S/C12H17N5O/c1-3-17(9-10-6-4-5-7-14-10)12-16-15-11(18-12)8-13-2/h4-7,13H,3,8-9H2,1-2H3. The number of hydrogen-bond acceptors (Lipinski definition) is 6. The maximum absolute atomic E-state index is 5.56. The minimum Gasteiger partial charge on any atom is -0.407 e. The Morgan fingerprint density at radius 3 is 2.89 bits per heavy atom. The Morgan fingerprint density at radius 2 is 2.22 bits per heavy atom. The van der Waals surface area contributed by atoms with E-state index in [4.69, 9.17) is 4.42 Å². The second kappa shape index (κ2) is 6.11. The molecule has 18 heavy (non-hydrogen) atoms. The summed E-state index contributed by atoms with van der Waals surface area (Å²) in [6.07, 6.45) is 1.78. The summed E-state index contributed by atoms with van der Waals surface area (Å²) in [7, 11) is 1.84. The molecule has 0 spiro atoms. The van der Waals surface area contributed by atoms with E-state index in [0.29, 0.717) is 25.0 Å². The van der Waals surface area contributed by atoms with E-state index in [1.165, 1.54) is 0 Å². The van der Waals surface area contributed by atoms with Crippen LogP contribution in [0.4, 0.5) is 6.01 Å². The van der Waals surface area contributed by atoms with Gasteiger partial charge in [0.05, 0.1) is 18.8 Å². The molecule has 2 rings (SSSR count). The summed E-state index contributed by atoms with van der Waals surface area (Å²) >= 11 is 0. The lowest BCUT2D eigenvalue weighted by Crippen LogP contribution is -2.22. The Balaban J connectivity index is 2.08. The van der Waals surface area contributed by atoms with Crippen molar-refractivity contribution in [3.05, 3.63) is 36.0 Å². The third-order valence-electron chi connectivity index (χ3n) is 2.52. The SMILES string of the molecule is CCN(Cc1ccccn1)c1nnc(CNC)o1. The molecular formula is C12H17N5O. The molecule has 0 aliphatic carbocycles. The van der Waals surface area contributed by atoms with E-state index in [0.717, 1.165) is 12.2 Å². The molecule has 2 aromatic rings. The molecule has 0 fully saturated rings. The zero-order valence-corrected chi connectivity index (χ0v) is 10.6. The van der Waals surface area contributed by atoms with Gasteiger partial charge in [0.25, 0.3) is 0 Å². The van der Waals surface area contributed by atoms with E-state index in [1.807, 2.05) is 37.1 Å². The van der Waals surface area contributed by atoms with E-state index in [9.17, 15) is 0 Å². The van der Waals surface area contributed by atoms with Crippen molar-refractivity contribution in [3.8, 4) is 0 Å². The number of rotatable bonds is 6. The van der Waals surface area contributed by atoms with Crippen LogP contribution in [0.3, 0.4) is 0 Å². The smallest absolute Gasteiger partial charge is 0.318 e. The highest BCUT2D eigenvalue weighted by molar-refractivity contribution is 5.25. The van der Waals surface area contributed by atoms with Crippen LogP contribution in [0.1, 0.15) is 18.5 Å². The molecule has 0 radical (unpaired) electrons. The van der Waals surface area contributed by atoms with E-state index >= 15 is 0 Å². The third-order valence-corrected chi connectivity index (χ3v) is 2.52. The Morgan fingerprint density at radius 1 is 1.33 bits per heavy atom. The number of anilines is 1. The maximum Gasteiger partial charge on any atom is 0.318 e. The van der Waals surface area contributed by atoms with E-state index in [-0.39, 0.29) is 0 Å². The van der Waals surface area contributed by atoms with Gasteiger partial charge < -0.3 is 14.6 Å². The molecule has 0 aliphatic heterocycles. The molecule has 1 N–H and O–H groups in total. The summed E-state index contributed by atoms with van der Waals surface area (Å²) in [5, 5.41) is 11.0. The number of nitrogens with one attached hydrogen (secondary N) is 1. The topological polar surface area (TPSA) is 67.1 Å². The van der Waals surface area contributed by atoms with Gasteiger partial charge in [-0.2, -0.15) is 0 Å². The van der Waals surface area contributed by atoms with Crippen LogP contribution in [0.2, 0.25) is 0 Å². The van der Waals surface area contributed by atoms with E-state index < -0.39 is 0 Å². The summed E-state index contributed by atoms with van der Waals surface area (Å²) in [4.78, 5) is 6.29.